The number of fused-ring (bicyclic) bond motifs is 1. The molecule has 0 saturated heterocycles. The van der Waals surface area contributed by atoms with Gasteiger partial charge in [-0.05, 0) is 23.8 Å². The number of hydrogen-bond donors (Lipinski definition) is 1. The summed E-state index contributed by atoms with van der Waals surface area (Å²) < 4.78 is 5.33. The highest BCUT2D eigenvalue weighted by atomic mass is 35.5. The Morgan fingerprint density at radius 2 is 1.74 bits per heavy atom. The molecule has 156 valence electrons. The lowest BCUT2D eigenvalue weighted by atomic mass is 9.95. The molecule has 5 nitrogen and oxygen atoms in total. The van der Waals surface area contributed by atoms with E-state index in [2.05, 4.69) is 4.98 Å². The average molecular weight is 433 g/mol. The number of hydrogen-bond acceptors (Lipinski definition) is 3. The number of para-hydroxylation sites is 1. The molecule has 31 heavy (non-hydrogen) atoms. The monoisotopic (exact) mass is 432 g/mol. The molecule has 1 amide bonds. The quantitative estimate of drug-likeness (QED) is 0.315. The van der Waals surface area contributed by atoms with Gasteiger partial charge in [-0.25, -0.2) is 0 Å². The number of alkyl halides is 1. The number of nitrogens with zero attached hydrogens (tertiary/aromatic N) is 1. The highest BCUT2D eigenvalue weighted by Crippen LogP contribution is 2.34. The minimum absolute atomic E-state index is 0.204. The molecule has 4 aromatic rings. The number of Topliss-reactive ketones (excluding diaryl/α,β-unsaturated/α-hetero) is 1. The number of methoxy groups -OCH3 is 1. The number of H-pyrrole nitrogens is 1. The zero-order chi connectivity index (χ0) is 21.8. The molecule has 0 spiro atoms. The number of nitrogens with one attached hydrogen (secondary N) is 1. The van der Waals surface area contributed by atoms with Crippen molar-refractivity contribution in [3.63, 3.8) is 0 Å². The van der Waals surface area contributed by atoms with Crippen LogP contribution in [0.2, 0.25) is 0 Å². The Morgan fingerprint density at radius 1 is 1.00 bits per heavy atom. The summed E-state index contributed by atoms with van der Waals surface area (Å²) in [5.41, 5.74) is 2.60. The summed E-state index contributed by atoms with van der Waals surface area (Å²) in [7, 11) is 1.55. The van der Waals surface area contributed by atoms with Crippen LogP contribution in [0.3, 0.4) is 0 Å². The predicted octanol–water partition coefficient (Wildman–Crippen LogP) is 5.37. The van der Waals surface area contributed by atoms with Crippen LogP contribution in [0.15, 0.2) is 85.1 Å². The van der Waals surface area contributed by atoms with Crippen molar-refractivity contribution in [3.05, 3.63) is 96.2 Å². The predicted molar refractivity (Wildman–Crippen MR) is 123 cm³/mol. The van der Waals surface area contributed by atoms with Crippen LogP contribution in [0, 0.1) is 0 Å². The third-order valence-electron chi connectivity index (χ3n) is 5.19. The number of ether oxygens (including phenoxy) is 1. The molecule has 0 aliphatic heterocycles. The molecular formula is C25H21ClN2O3. The van der Waals surface area contributed by atoms with Crippen molar-refractivity contribution in [1.29, 1.82) is 0 Å². The van der Waals surface area contributed by atoms with Crippen molar-refractivity contribution in [2.75, 3.05) is 17.9 Å². The molecule has 1 N–H and O–H groups in total. The molecule has 0 radical (unpaired) electrons. The Bertz CT molecular complexity index is 1220. The van der Waals surface area contributed by atoms with Crippen molar-refractivity contribution in [2.45, 2.75) is 6.04 Å². The van der Waals surface area contributed by atoms with Crippen LogP contribution in [-0.2, 0) is 4.79 Å². The Labute approximate surface area is 185 Å². The summed E-state index contributed by atoms with van der Waals surface area (Å²) in [5, 5.41) is 0.803. The van der Waals surface area contributed by atoms with Crippen LogP contribution in [0.5, 0.6) is 5.75 Å². The van der Waals surface area contributed by atoms with Crippen LogP contribution in [0.25, 0.3) is 10.9 Å². The zero-order valence-corrected chi connectivity index (χ0v) is 17.7. The van der Waals surface area contributed by atoms with Gasteiger partial charge < -0.3 is 9.72 Å². The van der Waals surface area contributed by atoms with Crippen molar-refractivity contribution in [3.8, 4) is 5.75 Å². The number of halogens is 1. The van der Waals surface area contributed by atoms with E-state index in [1.165, 1.54) is 4.90 Å². The Hall–Kier alpha value is -3.57. The maximum Gasteiger partial charge on any atom is 0.242 e. The molecule has 1 heterocycles. The molecule has 4 rings (SSSR count). The van der Waals surface area contributed by atoms with E-state index in [4.69, 9.17) is 16.3 Å². The highest BCUT2D eigenvalue weighted by molar-refractivity contribution is 6.30. The molecule has 0 saturated carbocycles. The standard InChI is InChI=1S/C25H21ClN2O3/c1-31-19-11-7-10-18(14-19)28(23(29)15-26)24(17-8-3-2-4-9-17)25(30)21-16-27-22-13-6-5-12-20(21)22/h2-14,16,24,27H,15H2,1H3. The highest BCUT2D eigenvalue weighted by Gasteiger charge is 2.34. The summed E-state index contributed by atoms with van der Waals surface area (Å²) in [4.78, 5) is 31.6. The van der Waals surface area contributed by atoms with Gasteiger partial charge in [0.1, 0.15) is 17.7 Å². The van der Waals surface area contributed by atoms with Gasteiger partial charge in [0.2, 0.25) is 5.91 Å². The van der Waals surface area contributed by atoms with Gasteiger partial charge >= 0.3 is 0 Å². The fourth-order valence-electron chi connectivity index (χ4n) is 3.74. The van der Waals surface area contributed by atoms with E-state index in [0.717, 1.165) is 10.9 Å². The first-order valence-corrected chi connectivity index (χ1v) is 10.3. The Morgan fingerprint density at radius 3 is 2.48 bits per heavy atom. The van der Waals surface area contributed by atoms with Crippen LogP contribution in [-0.4, -0.2) is 29.7 Å². The Kier molecular flexibility index (Phi) is 6.05. The van der Waals surface area contributed by atoms with Gasteiger partial charge in [-0.3, -0.25) is 14.5 Å². The van der Waals surface area contributed by atoms with E-state index in [1.807, 2.05) is 54.6 Å². The lowest BCUT2D eigenvalue weighted by Gasteiger charge is -2.31. The van der Waals surface area contributed by atoms with Crippen LogP contribution in [0.1, 0.15) is 22.0 Å². The molecule has 0 bridgehead atoms. The largest absolute Gasteiger partial charge is 0.497 e. The van der Waals surface area contributed by atoms with E-state index < -0.39 is 6.04 Å². The molecule has 1 aromatic heterocycles. The van der Waals surface area contributed by atoms with Gasteiger partial charge in [0.15, 0.2) is 5.78 Å². The molecule has 3 aromatic carbocycles. The van der Waals surface area contributed by atoms with Crippen molar-refractivity contribution >= 4 is 39.9 Å². The average Bonchev–Trinajstić information content (AvgIpc) is 3.26. The topological polar surface area (TPSA) is 62.4 Å². The number of anilines is 1. The van der Waals surface area contributed by atoms with E-state index in [-0.39, 0.29) is 17.6 Å². The first-order valence-electron chi connectivity index (χ1n) is 9.81. The van der Waals surface area contributed by atoms with E-state index in [0.29, 0.717) is 22.6 Å². The van der Waals surface area contributed by atoms with Gasteiger partial charge in [0.05, 0.1) is 7.11 Å². The van der Waals surface area contributed by atoms with Gasteiger partial charge in [-0.2, -0.15) is 0 Å². The summed E-state index contributed by atoms with van der Waals surface area (Å²) in [5.74, 6) is -0.264. The summed E-state index contributed by atoms with van der Waals surface area (Å²) in [6.07, 6.45) is 1.69. The Balaban J connectivity index is 1.90. The first-order chi connectivity index (χ1) is 15.1. The lowest BCUT2D eigenvalue weighted by molar-refractivity contribution is -0.116. The number of aromatic amines is 1. The van der Waals surface area contributed by atoms with E-state index in [1.54, 1.807) is 37.6 Å². The number of rotatable bonds is 7. The molecule has 0 aliphatic carbocycles. The van der Waals surface area contributed by atoms with Crippen molar-refractivity contribution in [2.24, 2.45) is 0 Å². The fraction of sp³-hybridized carbons (Fsp3) is 0.120. The minimum Gasteiger partial charge on any atom is -0.497 e. The maximum absolute atomic E-state index is 13.9. The fourth-order valence-corrected chi connectivity index (χ4v) is 3.87. The van der Waals surface area contributed by atoms with Crippen LogP contribution in [0.4, 0.5) is 5.69 Å². The second kappa shape index (κ2) is 9.06. The van der Waals surface area contributed by atoms with Gasteiger partial charge in [-0.15, -0.1) is 11.6 Å². The molecule has 1 atom stereocenters. The third kappa shape index (κ3) is 4.05. The van der Waals surface area contributed by atoms with Gasteiger partial charge in [0.25, 0.3) is 0 Å². The van der Waals surface area contributed by atoms with Crippen LogP contribution >= 0.6 is 11.6 Å². The summed E-state index contributed by atoms with van der Waals surface area (Å²) in [6.45, 7) is 0. The number of carbonyl (C=O) groups is 2. The first kappa shape index (κ1) is 20.7. The second-order valence-corrected chi connectivity index (χ2v) is 7.29. The molecule has 0 fully saturated rings. The molecular weight excluding hydrogens is 412 g/mol. The molecule has 0 aliphatic rings. The van der Waals surface area contributed by atoms with Crippen molar-refractivity contribution in [1.82, 2.24) is 4.98 Å². The number of aromatic nitrogens is 1. The number of benzene rings is 3. The normalized spacial score (nSPS) is 11.8. The van der Waals surface area contributed by atoms with Crippen molar-refractivity contribution < 1.29 is 14.3 Å². The number of amides is 1. The molecule has 1 unspecified atom stereocenters. The van der Waals surface area contributed by atoms with Crippen LogP contribution < -0.4 is 9.64 Å². The summed E-state index contributed by atoms with van der Waals surface area (Å²) in [6, 6.07) is 23.0. The maximum atomic E-state index is 13.9. The van der Waals surface area contributed by atoms with E-state index in [9.17, 15) is 9.59 Å². The SMILES string of the molecule is COc1cccc(N(C(=O)CCl)C(C(=O)c2c[nH]c3ccccc23)c2ccccc2)c1. The minimum atomic E-state index is -0.890. The van der Waals surface area contributed by atoms with E-state index >= 15 is 0 Å². The molecule has 6 heteroatoms. The zero-order valence-electron chi connectivity index (χ0n) is 16.9. The van der Waals surface area contributed by atoms with Gasteiger partial charge in [-0.1, -0.05) is 54.6 Å². The smallest absolute Gasteiger partial charge is 0.242 e. The third-order valence-corrected chi connectivity index (χ3v) is 5.42. The number of ketones is 1. The second-order valence-electron chi connectivity index (χ2n) is 7.02. The lowest BCUT2D eigenvalue weighted by Crippen LogP contribution is -2.40. The summed E-state index contributed by atoms with van der Waals surface area (Å²) >= 11 is 5.99. The number of carbonyl (C=O) groups excluding carboxylic acids is 2. The van der Waals surface area contributed by atoms with Gasteiger partial charge in [0, 0.05) is 34.4 Å².